The normalized spacial score (nSPS) is 12.8. The number of pyridine rings is 1. The van der Waals surface area contributed by atoms with E-state index < -0.39 is 11.8 Å². The van der Waals surface area contributed by atoms with E-state index in [0.29, 0.717) is 35.1 Å². The van der Waals surface area contributed by atoms with Crippen molar-refractivity contribution in [3.63, 3.8) is 0 Å². The zero-order valence-electron chi connectivity index (χ0n) is 23.7. The molecular weight excluding hydrogens is 551 g/mol. The number of aromatic nitrogens is 5. The van der Waals surface area contributed by atoms with Crippen LogP contribution in [0.2, 0.25) is 0 Å². The Kier molecular flexibility index (Phi) is 7.10. The summed E-state index contributed by atoms with van der Waals surface area (Å²) in [5, 5.41) is 19.6. The summed E-state index contributed by atoms with van der Waals surface area (Å²) in [6, 6.07) is 14.1. The molecule has 0 atom stereocenters. The van der Waals surface area contributed by atoms with E-state index in [1.165, 1.54) is 12.1 Å². The molecule has 12 heteroatoms. The Morgan fingerprint density at radius 1 is 1.05 bits per heavy atom. The molecule has 0 saturated heterocycles. The second-order valence-electron chi connectivity index (χ2n) is 11.1. The van der Waals surface area contributed by atoms with Crippen LogP contribution in [0.3, 0.4) is 0 Å². The number of urea groups is 1. The third kappa shape index (κ3) is 5.94. The molecule has 1 aliphatic rings. The Morgan fingerprint density at radius 2 is 1.88 bits per heavy atom. The molecule has 11 nitrogen and oxygen atoms in total. The third-order valence-electron chi connectivity index (χ3n) is 6.93. The van der Waals surface area contributed by atoms with Crippen LogP contribution in [0.1, 0.15) is 42.4 Å². The molecule has 0 unspecified atom stereocenters. The summed E-state index contributed by atoms with van der Waals surface area (Å²) in [6.45, 7) is 6.61. The van der Waals surface area contributed by atoms with Gasteiger partial charge < -0.3 is 15.4 Å². The van der Waals surface area contributed by atoms with Gasteiger partial charge in [-0.15, -0.1) is 0 Å². The number of carbonyl (C=O) groups is 2. The third-order valence-corrected chi connectivity index (χ3v) is 6.93. The number of anilines is 2. The van der Waals surface area contributed by atoms with Crippen molar-refractivity contribution in [1.82, 2.24) is 30.3 Å². The second kappa shape index (κ2) is 11.0. The van der Waals surface area contributed by atoms with Crippen LogP contribution in [-0.2, 0) is 11.8 Å². The highest BCUT2D eigenvalue weighted by molar-refractivity contribution is 6.00. The topological polar surface area (TPSA) is 139 Å². The summed E-state index contributed by atoms with van der Waals surface area (Å²) in [4.78, 5) is 29.8. The molecule has 0 radical (unpaired) electrons. The molecule has 1 aliphatic heterocycles. The van der Waals surface area contributed by atoms with Crippen molar-refractivity contribution in [2.45, 2.75) is 32.6 Å². The lowest BCUT2D eigenvalue weighted by atomic mass is 9.92. The van der Waals surface area contributed by atoms with Gasteiger partial charge in [0.1, 0.15) is 23.1 Å². The number of benzene rings is 2. The molecule has 4 N–H and O–H groups in total. The molecule has 43 heavy (non-hydrogen) atoms. The van der Waals surface area contributed by atoms with Crippen LogP contribution < -0.4 is 20.7 Å². The lowest BCUT2D eigenvalue weighted by Crippen LogP contribution is -2.31. The van der Waals surface area contributed by atoms with Crippen molar-refractivity contribution in [3.05, 3.63) is 95.8 Å². The molecule has 5 aromatic rings. The van der Waals surface area contributed by atoms with Crippen molar-refractivity contribution in [2.75, 3.05) is 17.2 Å². The molecule has 0 saturated carbocycles. The summed E-state index contributed by atoms with van der Waals surface area (Å²) < 4.78 is 22.4. The fraction of sp³-hybridized carbons (Fsp3) is 0.194. The molecule has 218 valence electrons. The van der Waals surface area contributed by atoms with Gasteiger partial charge >= 0.3 is 6.03 Å². The Morgan fingerprint density at radius 3 is 2.65 bits per heavy atom. The van der Waals surface area contributed by atoms with Crippen LogP contribution in [0.4, 0.5) is 20.7 Å². The van der Waals surface area contributed by atoms with Gasteiger partial charge in [0.15, 0.2) is 0 Å². The Labute approximate surface area is 246 Å². The molecule has 2 aromatic carbocycles. The van der Waals surface area contributed by atoms with E-state index >= 15 is 4.39 Å². The van der Waals surface area contributed by atoms with E-state index in [0.717, 1.165) is 23.2 Å². The quantitative estimate of drug-likeness (QED) is 0.200. The average molecular weight is 581 g/mol. The summed E-state index contributed by atoms with van der Waals surface area (Å²) >= 11 is 0. The van der Waals surface area contributed by atoms with Gasteiger partial charge in [-0.05, 0) is 42.3 Å². The van der Waals surface area contributed by atoms with E-state index in [1.54, 1.807) is 53.6 Å². The summed E-state index contributed by atoms with van der Waals surface area (Å²) in [7, 11) is 0. The molecule has 0 fully saturated rings. The number of hydrogen-bond donors (Lipinski definition) is 4. The molecule has 3 amide bonds. The van der Waals surface area contributed by atoms with Crippen LogP contribution in [-0.4, -0.2) is 43.4 Å². The number of hydrogen-bond acceptors (Lipinski definition) is 6. The van der Waals surface area contributed by atoms with E-state index in [1.807, 2.05) is 32.9 Å². The highest BCUT2D eigenvalue weighted by atomic mass is 19.1. The molecule has 4 heterocycles. The number of ether oxygens (including phenoxy) is 1. The van der Waals surface area contributed by atoms with Crippen LogP contribution in [0.15, 0.2) is 73.2 Å². The number of carbonyl (C=O) groups excluding carboxylic acids is 2. The molecule has 6 rings (SSSR count). The van der Waals surface area contributed by atoms with Crippen molar-refractivity contribution in [3.8, 4) is 28.4 Å². The predicted octanol–water partition coefficient (Wildman–Crippen LogP) is 5.82. The van der Waals surface area contributed by atoms with Gasteiger partial charge in [0.25, 0.3) is 5.91 Å². The summed E-state index contributed by atoms with van der Waals surface area (Å²) in [5.74, 6) is 0.249. The van der Waals surface area contributed by atoms with Gasteiger partial charge in [-0.2, -0.15) is 10.2 Å². The number of halogens is 1. The van der Waals surface area contributed by atoms with Crippen LogP contribution >= 0.6 is 0 Å². The van der Waals surface area contributed by atoms with Gasteiger partial charge in [0.2, 0.25) is 0 Å². The lowest BCUT2D eigenvalue weighted by molar-refractivity contribution is 0.0946. The maximum atomic E-state index is 15.1. The van der Waals surface area contributed by atoms with E-state index in [-0.39, 0.29) is 22.8 Å². The Balaban J connectivity index is 1.20. The summed E-state index contributed by atoms with van der Waals surface area (Å²) in [6.07, 6.45) is 5.67. The van der Waals surface area contributed by atoms with Crippen molar-refractivity contribution in [1.29, 1.82) is 0 Å². The fourth-order valence-electron chi connectivity index (χ4n) is 4.66. The van der Waals surface area contributed by atoms with E-state index in [9.17, 15) is 9.59 Å². The SMILES string of the molecule is CC(C)(C)c1cc(NC(=O)Nc2ccc(Oc3ccnc(-c4cn[nH]c4)c3)cc2F)n(-c2ccc3c(c2)C(=O)NCC3)n1. The smallest absolute Gasteiger partial charge is 0.324 e. The van der Waals surface area contributed by atoms with Gasteiger partial charge in [-0.25, -0.2) is 13.9 Å². The number of aromatic amines is 1. The second-order valence-corrected chi connectivity index (χ2v) is 11.1. The maximum Gasteiger partial charge on any atom is 0.324 e. The van der Waals surface area contributed by atoms with Crippen LogP contribution in [0.25, 0.3) is 16.9 Å². The first-order valence-corrected chi connectivity index (χ1v) is 13.7. The number of nitrogens with one attached hydrogen (secondary N) is 4. The number of amides is 3. The van der Waals surface area contributed by atoms with Gasteiger partial charge in [0.05, 0.1) is 29.0 Å². The van der Waals surface area contributed by atoms with Crippen molar-refractivity contribution in [2.24, 2.45) is 0 Å². The minimum absolute atomic E-state index is 0.0359. The first-order valence-electron chi connectivity index (χ1n) is 13.7. The summed E-state index contributed by atoms with van der Waals surface area (Å²) in [5.41, 5.74) is 3.94. The van der Waals surface area contributed by atoms with E-state index in [4.69, 9.17) is 9.84 Å². The van der Waals surface area contributed by atoms with Gasteiger partial charge in [0, 0.05) is 53.7 Å². The zero-order chi connectivity index (χ0) is 30.1. The first-order chi connectivity index (χ1) is 20.6. The van der Waals surface area contributed by atoms with Gasteiger partial charge in [-0.3, -0.25) is 20.2 Å². The highest BCUT2D eigenvalue weighted by Crippen LogP contribution is 2.30. The predicted molar refractivity (Wildman–Crippen MR) is 159 cm³/mol. The highest BCUT2D eigenvalue weighted by Gasteiger charge is 2.24. The number of fused-ring (bicyclic) bond motifs is 1. The molecule has 3 aromatic heterocycles. The molecule has 0 bridgehead atoms. The standard InChI is InChI=1S/C31H29FN8O3/c1-31(2,3)27-15-28(40(39-27)20-5-4-18-8-10-34-29(41)23(18)12-20)38-30(42)37-25-7-6-21(13-24(25)32)43-22-9-11-33-26(14-22)19-16-35-36-17-19/h4-7,9,11-17H,8,10H2,1-3H3,(H,34,41)(H,35,36)(H2,37,38,42). The Hall–Kier alpha value is -5.52. The largest absolute Gasteiger partial charge is 0.457 e. The van der Waals surface area contributed by atoms with Crippen molar-refractivity contribution >= 4 is 23.4 Å². The van der Waals surface area contributed by atoms with Crippen LogP contribution in [0, 0.1) is 5.82 Å². The van der Waals surface area contributed by atoms with Gasteiger partial charge in [-0.1, -0.05) is 26.8 Å². The fourth-order valence-corrected chi connectivity index (χ4v) is 4.66. The first kappa shape index (κ1) is 27.6. The minimum Gasteiger partial charge on any atom is -0.457 e. The zero-order valence-corrected chi connectivity index (χ0v) is 23.7. The molecular formula is C31H29FN8O3. The number of H-pyrrole nitrogens is 1. The Bertz CT molecular complexity index is 1830. The average Bonchev–Trinajstić information content (AvgIpc) is 3.66. The van der Waals surface area contributed by atoms with E-state index in [2.05, 4.69) is 31.1 Å². The molecule has 0 spiro atoms. The lowest BCUT2D eigenvalue weighted by Gasteiger charge is -2.18. The van der Waals surface area contributed by atoms with Crippen molar-refractivity contribution < 1.29 is 18.7 Å². The maximum absolute atomic E-state index is 15.1. The number of nitrogens with zero attached hydrogens (tertiary/aromatic N) is 4. The minimum atomic E-state index is -0.679. The number of rotatable bonds is 6. The van der Waals surface area contributed by atoms with Crippen LogP contribution in [0.5, 0.6) is 11.5 Å². The molecule has 0 aliphatic carbocycles. The monoisotopic (exact) mass is 580 g/mol.